The molecule has 1 aromatic rings. The predicted molar refractivity (Wildman–Crippen MR) is 78.5 cm³/mol. The molecule has 0 radical (unpaired) electrons. The lowest BCUT2D eigenvalue weighted by Gasteiger charge is -2.34. The normalized spacial score (nSPS) is 18.2. The first kappa shape index (κ1) is 15.8. The van der Waals surface area contributed by atoms with Crippen molar-refractivity contribution in [1.29, 1.82) is 0 Å². The van der Waals surface area contributed by atoms with E-state index in [1.165, 1.54) is 19.2 Å². The second-order valence-electron chi connectivity index (χ2n) is 5.58. The molecule has 1 aromatic carbocycles. The Hall–Kier alpha value is -1.56. The summed E-state index contributed by atoms with van der Waals surface area (Å²) in [5.41, 5.74) is -0.579. The van der Waals surface area contributed by atoms with Crippen LogP contribution in [-0.4, -0.2) is 32.9 Å². The Labute approximate surface area is 124 Å². The lowest BCUT2D eigenvalue weighted by Crippen LogP contribution is -2.38. The number of hydrogen-bond acceptors (Lipinski definition) is 4. The van der Waals surface area contributed by atoms with Gasteiger partial charge in [0.05, 0.1) is 17.4 Å². The SMILES string of the molecule is COc1ccc(S(C)(=O)=O)cc1C1(C(=O)O)CCCCC1. The quantitative estimate of drug-likeness (QED) is 0.923. The fourth-order valence-electron chi connectivity index (χ4n) is 3.05. The number of hydrogen-bond donors (Lipinski definition) is 1. The number of methoxy groups -OCH3 is 1. The first-order valence-corrected chi connectivity index (χ1v) is 8.82. The van der Waals surface area contributed by atoms with Gasteiger partial charge in [-0.2, -0.15) is 0 Å². The van der Waals surface area contributed by atoms with Crippen LogP contribution in [0.15, 0.2) is 23.1 Å². The highest BCUT2D eigenvalue weighted by Gasteiger charge is 2.43. The zero-order chi connectivity index (χ0) is 15.7. The molecule has 0 spiro atoms. The molecule has 21 heavy (non-hydrogen) atoms. The maximum atomic E-state index is 11.9. The molecule has 0 heterocycles. The molecule has 0 atom stereocenters. The molecule has 1 aliphatic rings. The van der Waals surface area contributed by atoms with Gasteiger partial charge in [0.1, 0.15) is 5.75 Å². The maximum absolute atomic E-state index is 11.9. The Balaban J connectivity index is 2.66. The summed E-state index contributed by atoms with van der Waals surface area (Å²) in [6, 6.07) is 4.47. The van der Waals surface area contributed by atoms with Crippen LogP contribution in [0, 0.1) is 0 Å². The van der Waals surface area contributed by atoms with Gasteiger partial charge < -0.3 is 9.84 Å². The molecule has 116 valence electrons. The van der Waals surface area contributed by atoms with E-state index < -0.39 is 21.2 Å². The minimum atomic E-state index is -3.39. The molecule has 1 saturated carbocycles. The van der Waals surface area contributed by atoms with Gasteiger partial charge in [-0.25, -0.2) is 8.42 Å². The zero-order valence-electron chi connectivity index (χ0n) is 12.3. The first-order chi connectivity index (χ1) is 9.81. The van der Waals surface area contributed by atoms with Gasteiger partial charge in [0, 0.05) is 11.8 Å². The van der Waals surface area contributed by atoms with Crippen molar-refractivity contribution in [1.82, 2.24) is 0 Å². The van der Waals surface area contributed by atoms with Gasteiger partial charge in [-0.05, 0) is 31.0 Å². The molecular formula is C15H20O5S. The van der Waals surface area contributed by atoms with Crippen molar-refractivity contribution in [2.75, 3.05) is 13.4 Å². The zero-order valence-corrected chi connectivity index (χ0v) is 13.1. The van der Waals surface area contributed by atoms with Crippen molar-refractivity contribution >= 4 is 15.8 Å². The summed E-state index contributed by atoms with van der Waals surface area (Å²) in [6.07, 6.45) is 4.77. The van der Waals surface area contributed by atoms with Crippen LogP contribution in [-0.2, 0) is 20.0 Å². The highest BCUT2D eigenvalue weighted by atomic mass is 32.2. The first-order valence-electron chi connectivity index (χ1n) is 6.93. The van der Waals surface area contributed by atoms with Gasteiger partial charge in [-0.15, -0.1) is 0 Å². The number of carboxylic acid groups (broad SMARTS) is 1. The topological polar surface area (TPSA) is 80.7 Å². The molecular weight excluding hydrogens is 292 g/mol. The summed E-state index contributed by atoms with van der Waals surface area (Å²) in [7, 11) is -1.92. The molecule has 2 rings (SSSR count). The van der Waals surface area contributed by atoms with Crippen LogP contribution in [0.2, 0.25) is 0 Å². The number of carbonyl (C=O) groups is 1. The Morgan fingerprint density at radius 2 is 1.86 bits per heavy atom. The van der Waals surface area contributed by atoms with E-state index in [9.17, 15) is 18.3 Å². The molecule has 0 unspecified atom stereocenters. The van der Waals surface area contributed by atoms with Gasteiger partial charge in [0.2, 0.25) is 0 Å². The molecule has 1 aliphatic carbocycles. The number of rotatable bonds is 4. The Bertz CT molecular complexity index is 642. The van der Waals surface area contributed by atoms with Crippen LogP contribution in [0.1, 0.15) is 37.7 Å². The third-order valence-corrected chi connectivity index (χ3v) is 5.34. The largest absolute Gasteiger partial charge is 0.496 e. The summed E-state index contributed by atoms with van der Waals surface area (Å²) >= 11 is 0. The Morgan fingerprint density at radius 3 is 2.33 bits per heavy atom. The number of benzene rings is 1. The number of sulfone groups is 1. The lowest BCUT2D eigenvalue weighted by molar-refractivity contribution is -0.145. The van der Waals surface area contributed by atoms with Crippen LogP contribution in [0.4, 0.5) is 0 Å². The van der Waals surface area contributed by atoms with E-state index in [4.69, 9.17) is 4.74 Å². The summed E-state index contributed by atoms with van der Waals surface area (Å²) in [5.74, 6) is -0.474. The monoisotopic (exact) mass is 312 g/mol. The summed E-state index contributed by atoms with van der Waals surface area (Å²) in [4.78, 5) is 12.0. The van der Waals surface area contributed by atoms with E-state index in [1.807, 2.05) is 0 Å². The van der Waals surface area contributed by atoms with Crippen molar-refractivity contribution in [3.05, 3.63) is 23.8 Å². The average Bonchev–Trinajstić information content (AvgIpc) is 2.46. The van der Waals surface area contributed by atoms with Crippen molar-refractivity contribution in [2.45, 2.75) is 42.4 Å². The second kappa shape index (κ2) is 5.67. The fourth-order valence-corrected chi connectivity index (χ4v) is 3.69. The standard InChI is InChI=1S/C15H20O5S/c1-20-13-7-6-11(21(2,18)19)10-12(13)15(14(16)17)8-4-3-5-9-15/h6-7,10H,3-5,8-9H2,1-2H3,(H,16,17). The van der Waals surface area contributed by atoms with E-state index in [0.29, 0.717) is 24.2 Å². The molecule has 0 aliphatic heterocycles. The number of carboxylic acids is 1. The molecule has 6 heteroatoms. The molecule has 0 amide bonds. The minimum Gasteiger partial charge on any atom is -0.496 e. The van der Waals surface area contributed by atoms with Crippen LogP contribution in [0.3, 0.4) is 0 Å². The predicted octanol–water partition coefficient (Wildman–Crippen LogP) is 2.39. The second-order valence-corrected chi connectivity index (χ2v) is 7.60. The Kier molecular flexibility index (Phi) is 4.27. The molecule has 0 bridgehead atoms. The van der Waals surface area contributed by atoms with Crippen molar-refractivity contribution in [2.24, 2.45) is 0 Å². The van der Waals surface area contributed by atoms with Crippen LogP contribution in [0.25, 0.3) is 0 Å². The summed E-state index contributed by atoms with van der Waals surface area (Å²) < 4.78 is 28.8. The van der Waals surface area contributed by atoms with Crippen LogP contribution < -0.4 is 4.74 Å². The summed E-state index contributed by atoms with van der Waals surface area (Å²) in [5, 5.41) is 9.75. The average molecular weight is 312 g/mol. The smallest absolute Gasteiger partial charge is 0.314 e. The van der Waals surface area contributed by atoms with Gasteiger partial charge in [-0.1, -0.05) is 19.3 Å². The van der Waals surface area contributed by atoms with Gasteiger partial charge >= 0.3 is 5.97 Å². The van der Waals surface area contributed by atoms with Crippen LogP contribution >= 0.6 is 0 Å². The molecule has 0 aromatic heterocycles. The van der Waals surface area contributed by atoms with E-state index >= 15 is 0 Å². The molecule has 5 nitrogen and oxygen atoms in total. The van der Waals surface area contributed by atoms with E-state index in [1.54, 1.807) is 6.07 Å². The van der Waals surface area contributed by atoms with Gasteiger partial charge in [0.25, 0.3) is 0 Å². The van der Waals surface area contributed by atoms with Gasteiger partial charge in [-0.3, -0.25) is 4.79 Å². The van der Waals surface area contributed by atoms with E-state index in [-0.39, 0.29) is 4.90 Å². The maximum Gasteiger partial charge on any atom is 0.314 e. The highest BCUT2D eigenvalue weighted by Crippen LogP contribution is 2.44. The van der Waals surface area contributed by atoms with Crippen molar-refractivity contribution in [3.8, 4) is 5.75 Å². The fraction of sp³-hybridized carbons (Fsp3) is 0.533. The lowest BCUT2D eigenvalue weighted by atomic mass is 9.69. The molecule has 0 saturated heterocycles. The summed E-state index contributed by atoms with van der Waals surface area (Å²) in [6.45, 7) is 0. The highest BCUT2D eigenvalue weighted by molar-refractivity contribution is 7.90. The number of aliphatic carboxylic acids is 1. The van der Waals surface area contributed by atoms with Crippen LogP contribution in [0.5, 0.6) is 5.75 Å². The van der Waals surface area contributed by atoms with E-state index in [0.717, 1.165) is 25.5 Å². The van der Waals surface area contributed by atoms with Gasteiger partial charge in [0.15, 0.2) is 9.84 Å². The van der Waals surface area contributed by atoms with Crippen molar-refractivity contribution < 1.29 is 23.1 Å². The van der Waals surface area contributed by atoms with E-state index in [2.05, 4.69) is 0 Å². The molecule has 1 fully saturated rings. The third-order valence-electron chi connectivity index (χ3n) is 4.23. The minimum absolute atomic E-state index is 0.129. The number of ether oxygens (including phenoxy) is 1. The molecule has 1 N–H and O–H groups in total. The van der Waals surface area contributed by atoms with Crippen molar-refractivity contribution in [3.63, 3.8) is 0 Å². The Morgan fingerprint density at radius 1 is 1.24 bits per heavy atom. The third kappa shape index (κ3) is 2.90.